The van der Waals surface area contributed by atoms with Gasteiger partial charge >= 0.3 is 6.03 Å². The Labute approximate surface area is 177 Å². The van der Waals surface area contributed by atoms with Gasteiger partial charge in [0.1, 0.15) is 0 Å². The molecule has 2 aromatic heterocycles. The third-order valence-electron chi connectivity index (χ3n) is 5.27. The molecule has 2 heterocycles. The number of hydrogen-bond acceptors (Lipinski definition) is 5. The van der Waals surface area contributed by atoms with E-state index in [1.54, 1.807) is 22.7 Å². The standard InChI is InChI=1S/C21H34N4OS2/c1-5-24(6-2)19(17-9-11-27-15-17)13-22-21(26)23-14-20(25(7-3)8-4)18-10-12-28-16-18/h9-12,15-16,19-20H,5-8,13-14H2,1-4H3,(H2,22,23,26)/t19-,20-/m1/s1. The summed E-state index contributed by atoms with van der Waals surface area (Å²) in [4.78, 5) is 17.3. The highest BCUT2D eigenvalue weighted by Crippen LogP contribution is 2.23. The molecule has 7 heteroatoms. The van der Waals surface area contributed by atoms with Crippen LogP contribution in [0.3, 0.4) is 0 Å². The van der Waals surface area contributed by atoms with Gasteiger partial charge in [-0.3, -0.25) is 9.80 Å². The minimum atomic E-state index is -0.0974. The Morgan fingerprint density at radius 2 is 1.21 bits per heavy atom. The van der Waals surface area contributed by atoms with Crippen LogP contribution in [0.1, 0.15) is 50.9 Å². The molecule has 0 bridgehead atoms. The maximum atomic E-state index is 12.5. The van der Waals surface area contributed by atoms with E-state index < -0.39 is 0 Å². The molecular formula is C21H34N4OS2. The molecule has 0 aliphatic rings. The topological polar surface area (TPSA) is 47.6 Å². The predicted octanol–water partition coefficient (Wildman–Crippen LogP) is 4.57. The Morgan fingerprint density at radius 1 is 0.821 bits per heavy atom. The van der Waals surface area contributed by atoms with Crippen LogP contribution >= 0.6 is 22.7 Å². The number of rotatable bonds is 12. The van der Waals surface area contributed by atoms with Gasteiger partial charge in [-0.25, -0.2) is 4.79 Å². The maximum absolute atomic E-state index is 12.5. The number of nitrogens with zero attached hydrogens (tertiary/aromatic N) is 2. The first-order valence-electron chi connectivity index (χ1n) is 10.2. The molecule has 0 radical (unpaired) electrons. The van der Waals surface area contributed by atoms with Gasteiger partial charge in [0, 0.05) is 13.1 Å². The third kappa shape index (κ3) is 6.30. The smallest absolute Gasteiger partial charge is 0.314 e. The zero-order valence-corrected chi connectivity index (χ0v) is 19.1. The second kappa shape index (κ2) is 12.2. The number of amides is 2. The highest BCUT2D eigenvalue weighted by molar-refractivity contribution is 7.08. The zero-order chi connectivity index (χ0) is 20.4. The number of likely N-dealkylation sites (N-methyl/N-ethyl adjacent to an activating group) is 2. The number of thiophene rings is 2. The minimum absolute atomic E-state index is 0.0974. The summed E-state index contributed by atoms with van der Waals surface area (Å²) in [6, 6.07) is 4.63. The third-order valence-corrected chi connectivity index (χ3v) is 6.68. The zero-order valence-electron chi connectivity index (χ0n) is 17.5. The monoisotopic (exact) mass is 422 g/mol. The van der Waals surface area contributed by atoms with E-state index in [9.17, 15) is 4.79 Å². The van der Waals surface area contributed by atoms with Crippen molar-refractivity contribution in [3.05, 3.63) is 44.8 Å². The van der Waals surface area contributed by atoms with Crippen LogP contribution in [0.25, 0.3) is 0 Å². The van der Waals surface area contributed by atoms with E-state index in [0.717, 1.165) is 26.2 Å². The minimum Gasteiger partial charge on any atom is -0.336 e. The lowest BCUT2D eigenvalue weighted by Crippen LogP contribution is -2.45. The van der Waals surface area contributed by atoms with Crippen molar-refractivity contribution in [2.24, 2.45) is 0 Å². The Hall–Kier alpha value is -1.41. The van der Waals surface area contributed by atoms with Crippen LogP contribution in [0.2, 0.25) is 0 Å². The average molecular weight is 423 g/mol. The molecule has 156 valence electrons. The van der Waals surface area contributed by atoms with E-state index in [0.29, 0.717) is 13.1 Å². The maximum Gasteiger partial charge on any atom is 0.314 e. The quantitative estimate of drug-likeness (QED) is 0.526. The molecule has 2 amide bonds. The van der Waals surface area contributed by atoms with E-state index in [4.69, 9.17) is 0 Å². The van der Waals surface area contributed by atoms with Gasteiger partial charge in [-0.1, -0.05) is 27.7 Å². The number of nitrogens with one attached hydrogen (secondary N) is 2. The fraction of sp³-hybridized carbons (Fsp3) is 0.571. The molecule has 5 nitrogen and oxygen atoms in total. The Bertz CT molecular complexity index is 596. The van der Waals surface area contributed by atoms with Gasteiger partial charge in [0.15, 0.2) is 0 Å². The second-order valence-electron chi connectivity index (χ2n) is 6.68. The summed E-state index contributed by atoms with van der Waals surface area (Å²) in [6.45, 7) is 13.7. The van der Waals surface area contributed by atoms with Crippen molar-refractivity contribution in [3.63, 3.8) is 0 Å². The molecule has 0 saturated heterocycles. The largest absolute Gasteiger partial charge is 0.336 e. The summed E-state index contributed by atoms with van der Waals surface area (Å²) >= 11 is 3.40. The first kappa shape index (κ1) is 22.9. The molecule has 0 spiro atoms. The molecule has 2 aromatic rings. The molecule has 0 unspecified atom stereocenters. The van der Waals surface area contributed by atoms with Crippen molar-refractivity contribution in [2.45, 2.75) is 39.8 Å². The fourth-order valence-electron chi connectivity index (χ4n) is 3.61. The van der Waals surface area contributed by atoms with Gasteiger partial charge < -0.3 is 10.6 Å². The van der Waals surface area contributed by atoms with Crippen molar-refractivity contribution < 1.29 is 4.79 Å². The van der Waals surface area contributed by atoms with Crippen LogP contribution in [0.15, 0.2) is 33.7 Å². The molecule has 0 aromatic carbocycles. The van der Waals surface area contributed by atoms with Crippen molar-refractivity contribution >= 4 is 28.7 Å². The summed E-state index contributed by atoms with van der Waals surface area (Å²) in [5, 5.41) is 14.7. The number of carbonyl (C=O) groups excluding carboxylic acids is 1. The number of urea groups is 1. The first-order chi connectivity index (χ1) is 13.6. The van der Waals surface area contributed by atoms with Crippen LogP contribution in [0, 0.1) is 0 Å². The first-order valence-corrected chi connectivity index (χ1v) is 12.1. The van der Waals surface area contributed by atoms with Crippen LogP contribution in [-0.4, -0.2) is 55.1 Å². The van der Waals surface area contributed by atoms with Gasteiger partial charge in [0.25, 0.3) is 0 Å². The fourth-order valence-corrected chi connectivity index (χ4v) is 5.03. The van der Waals surface area contributed by atoms with Gasteiger partial charge in [0.05, 0.1) is 12.1 Å². The summed E-state index contributed by atoms with van der Waals surface area (Å²) in [6.07, 6.45) is 0. The lowest BCUT2D eigenvalue weighted by Gasteiger charge is -2.31. The lowest BCUT2D eigenvalue weighted by molar-refractivity contribution is 0.196. The van der Waals surface area contributed by atoms with Crippen molar-refractivity contribution in [2.75, 3.05) is 39.3 Å². The van der Waals surface area contributed by atoms with Crippen molar-refractivity contribution in [3.8, 4) is 0 Å². The van der Waals surface area contributed by atoms with Crippen LogP contribution in [-0.2, 0) is 0 Å². The highest BCUT2D eigenvalue weighted by atomic mass is 32.1. The highest BCUT2D eigenvalue weighted by Gasteiger charge is 2.21. The van der Waals surface area contributed by atoms with Gasteiger partial charge in [-0.15, -0.1) is 0 Å². The van der Waals surface area contributed by atoms with E-state index in [-0.39, 0.29) is 18.1 Å². The Kier molecular flexibility index (Phi) is 9.98. The van der Waals surface area contributed by atoms with Crippen LogP contribution < -0.4 is 10.6 Å². The van der Waals surface area contributed by atoms with E-state index >= 15 is 0 Å². The second-order valence-corrected chi connectivity index (χ2v) is 8.24. The Balaban J connectivity index is 1.94. The molecule has 0 saturated carbocycles. The number of carbonyl (C=O) groups is 1. The van der Waals surface area contributed by atoms with Crippen molar-refractivity contribution in [1.82, 2.24) is 20.4 Å². The summed E-state index contributed by atoms with van der Waals surface area (Å²) in [5.74, 6) is 0. The molecule has 0 fully saturated rings. The van der Waals surface area contributed by atoms with Gasteiger partial charge in [-0.05, 0) is 71.0 Å². The lowest BCUT2D eigenvalue weighted by atomic mass is 10.1. The average Bonchev–Trinajstić information content (AvgIpc) is 3.42. The normalized spacial score (nSPS) is 13.6. The number of hydrogen-bond donors (Lipinski definition) is 2. The molecule has 2 N–H and O–H groups in total. The molecule has 2 rings (SSSR count). The van der Waals surface area contributed by atoms with Crippen molar-refractivity contribution in [1.29, 1.82) is 0 Å². The molecular weight excluding hydrogens is 388 g/mol. The molecule has 2 atom stereocenters. The van der Waals surface area contributed by atoms with E-state index in [2.05, 4.69) is 81.8 Å². The summed E-state index contributed by atoms with van der Waals surface area (Å²) < 4.78 is 0. The molecule has 0 aliphatic carbocycles. The van der Waals surface area contributed by atoms with Gasteiger partial charge in [0.2, 0.25) is 0 Å². The van der Waals surface area contributed by atoms with E-state index in [1.807, 2.05) is 0 Å². The molecule has 28 heavy (non-hydrogen) atoms. The Morgan fingerprint density at radius 3 is 1.50 bits per heavy atom. The SMILES string of the molecule is CCN(CC)[C@H](CNC(=O)NC[C@H](c1ccsc1)N(CC)CC)c1ccsc1. The van der Waals surface area contributed by atoms with Crippen LogP contribution in [0.5, 0.6) is 0 Å². The van der Waals surface area contributed by atoms with E-state index in [1.165, 1.54) is 11.1 Å². The van der Waals surface area contributed by atoms with Crippen LogP contribution in [0.4, 0.5) is 4.79 Å². The molecule has 0 aliphatic heterocycles. The summed E-state index contributed by atoms with van der Waals surface area (Å²) in [7, 11) is 0. The predicted molar refractivity (Wildman–Crippen MR) is 121 cm³/mol. The van der Waals surface area contributed by atoms with Gasteiger partial charge in [-0.2, -0.15) is 22.7 Å². The summed E-state index contributed by atoms with van der Waals surface area (Å²) in [5.41, 5.74) is 2.54.